The van der Waals surface area contributed by atoms with Gasteiger partial charge in [-0.15, -0.1) is 0 Å². The van der Waals surface area contributed by atoms with Crippen LogP contribution in [0.1, 0.15) is 13.3 Å². The van der Waals surface area contributed by atoms with E-state index < -0.39 is 0 Å². The molecule has 0 amide bonds. The monoisotopic (exact) mass is 305 g/mol. The number of rotatable bonds is 3. The molecule has 2 aromatic carbocycles. The predicted molar refractivity (Wildman–Crippen MR) is 82.1 cm³/mol. The number of anilines is 1. The molecule has 0 aliphatic carbocycles. The van der Waals surface area contributed by atoms with Crippen molar-refractivity contribution >= 4 is 38.3 Å². The number of benzene rings is 2. The number of nitrogens with zero attached hydrogens (tertiary/aromatic N) is 1. The van der Waals surface area contributed by atoms with Crippen molar-refractivity contribution in [3.8, 4) is 0 Å². The lowest BCUT2D eigenvalue weighted by Gasteiger charge is -2.07. The second kappa shape index (κ2) is 5.87. The van der Waals surface area contributed by atoms with Gasteiger partial charge in [-0.05, 0) is 41.5 Å². The normalized spacial score (nSPS) is 11.8. The minimum Gasteiger partial charge on any atom is -0.370 e. The van der Waals surface area contributed by atoms with Gasteiger partial charge in [0.25, 0.3) is 0 Å². The van der Waals surface area contributed by atoms with Crippen LogP contribution in [0.5, 0.6) is 0 Å². The smallest absolute Gasteiger partial charge is 0.193 e. The van der Waals surface area contributed by atoms with Crippen LogP contribution in [0.15, 0.2) is 45.9 Å². The minimum atomic E-state index is 0.466. The molecule has 94 valence electrons. The fourth-order valence-electron chi connectivity index (χ4n) is 1.71. The van der Waals surface area contributed by atoms with Crippen molar-refractivity contribution in [1.82, 2.24) is 0 Å². The van der Waals surface area contributed by atoms with Crippen molar-refractivity contribution in [1.29, 1.82) is 0 Å². The standard InChI is InChI=1S/C14H16BrN3/c1-2-7-17-14(16)18-13-6-4-10-8-12(15)5-3-11(10)9-13/h3-6,8-9H,2,7H2,1H3,(H3,16,17,18). The molecule has 3 nitrogen and oxygen atoms in total. The Balaban J connectivity index is 2.22. The molecule has 4 heteroatoms. The number of halogens is 1. The third-order valence-corrected chi connectivity index (χ3v) is 3.07. The van der Waals surface area contributed by atoms with Gasteiger partial charge in [0.2, 0.25) is 0 Å². The topological polar surface area (TPSA) is 50.4 Å². The SMILES string of the molecule is CCCN=C(N)Nc1ccc2cc(Br)ccc2c1. The number of guanidine groups is 1. The van der Waals surface area contributed by atoms with Crippen molar-refractivity contribution in [2.45, 2.75) is 13.3 Å². The summed E-state index contributed by atoms with van der Waals surface area (Å²) in [5, 5.41) is 5.47. The zero-order valence-electron chi connectivity index (χ0n) is 10.3. The number of hydrogen-bond donors (Lipinski definition) is 2. The van der Waals surface area contributed by atoms with Crippen LogP contribution >= 0.6 is 15.9 Å². The average Bonchev–Trinajstić information content (AvgIpc) is 2.36. The fourth-order valence-corrected chi connectivity index (χ4v) is 2.09. The van der Waals surface area contributed by atoms with E-state index in [4.69, 9.17) is 5.73 Å². The molecule has 0 atom stereocenters. The maximum atomic E-state index is 5.79. The summed E-state index contributed by atoms with van der Waals surface area (Å²) in [5.74, 6) is 0.466. The third kappa shape index (κ3) is 3.23. The Morgan fingerprint density at radius 1 is 1.22 bits per heavy atom. The van der Waals surface area contributed by atoms with Crippen molar-refractivity contribution in [2.24, 2.45) is 10.7 Å². The molecule has 0 spiro atoms. The van der Waals surface area contributed by atoms with Crippen molar-refractivity contribution < 1.29 is 0 Å². The second-order valence-corrected chi connectivity index (χ2v) is 5.01. The molecule has 0 saturated heterocycles. The van der Waals surface area contributed by atoms with Gasteiger partial charge in [-0.1, -0.05) is 35.0 Å². The molecule has 0 saturated carbocycles. The first-order valence-electron chi connectivity index (χ1n) is 5.95. The van der Waals surface area contributed by atoms with Gasteiger partial charge < -0.3 is 11.1 Å². The molecular formula is C14H16BrN3. The second-order valence-electron chi connectivity index (χ2n) is 4.10. The van der Waals surface area contributed by atoms with Gasteiger partial charge in [-0.2, -0.15) is 0 Å². The molecule has 0 fully saturated rings. The summed E-state index contributed by atoms with van der Waals surface area (Å²) in [5.41, 5.74) is 6.75. The van der Waals surface area contributed by atoms with Gasteiger partial charge in [0.05, 0.1) is 0 Å². The number of nitrogens with one attached hydrogen (secondary N) is 1. The Hall–Kier alpha value is -1.55. The van der Waals surface area contributed by atoms with Gasteiger partial charge in [-0.25, -0.2) is 0 Å². The molecule has 18 heavy (non-hydrogen) atoms. The molecule has 0 radical (unpaired) electrons. The molecule has 3 N–H and O–H groups in total. The summed E-state index contributed by atoms with van der Waals surface area (Å²) in [6, 6.07) is 12.3. The van der Waals surface area contributed by atoms with E-state index in [1.54, 1.807) is 0 Å². The summed E-state index contributed by atoms with van der Waals surface area (Å²) in [6.07, 6.45) is 0.994. The van der Waals surface area contributed by atoms with Crippen LogP contribution in [-0.2, 0) is 0 Å². The van der Waals surface area contributed by atoms with E-state index in [-0.39, 0.29) is 0 Å². The Bertz CT molecular complexity index is 578. The molecule has 0 heterocycles. The number of aliphatic imine (C=N–C) groups is 1. The first-order chi connectivity index (χ1) is 8.69. The highest BCUT2D eigenvalue weighted by Crippen LogP contribution is 2.22. The van der Waals surface area contributed by atoms with Crippen LogP contribution in [0.25, 0.3) is 10.8 Å². The van der Waals surface area contributed by atoms with Crippen LogP contribution in [0.3, 0.4) is 0 Å². The largest absolute Gasteiger partial charge is 0.370 e. The summed E-state index contributed by atoms with van der Waals surface area (Å²) in [7, 11) is 0. The van der Waals surface area contributed by atoms with Crippen LogP contribution in [0.2, 0.25) is 0 Å². The zero-order chi connectivity index (χ0) is 13.0. The number of nitrogens with two attached hydrogens (primary N) is 1. The summed E-state index contributed by atoms with van der Waals surface area (Å²) >= 11 is 3.46. The van der Waals surface area contributed by atoms with Crippen molar-refractivity contribution in [3.05, 3.63) is 40.9 Å². The average molecular weight is 306 g/mol. The first kappa shape index (κ1) is 12.9. The van der Waals surface area contributed by atoms with Gasteiger partial charge in [-0.3, -0.25) is 4.99 Å². The molecule has 2 rings (SSSR count). The van der Waals surface area contributed by atoms with Crippen molar-refractivity contribution in [3.63, 3.8) is 0 Å². The highest BCUT2D eigenvalue weighted by Gasteiger charge is 1.98. The Morgan fingerprint density at radius 2 is 1.94 bits per heavy atom. The van der Waals surface area contributed by atoms with E-state index in [1.165, 1.54) is 10.8 Å². The molecular weight excluding hydrogens is 290 g/mol. The number of hydrogen-bond acceptors (Lipinski definition) is 1. The van der Waals surface area contributed by atoms with Crippen LogP contribution < -0.4 is 11.1 Å². The summed E-state index contributed by atoms with van der Waals surface area (Å²) in [6.45, 7) is 2.82. The van der Waals surface area contributed by atoms with Crippen molar-refractivity contribution in [2.75, 3.05) is 11.9 Å². The summed E-state index contributed by atoms with van der Waals surface area (Å²) < 4.78 is 1.08. The zero-order valence-corrected chi connectivity index (χ0v) is 11.9. The van der Waals surface area contributed by atoms with E-state index >= 15 is 0 Å². The predicted octanol–water partition coefficient (Wildman–Crippen LogP) is 3.74. The molecule has 0 unspecified atom stereocenters. The number of fused-ring (bicyclic) bond motifs is 1. The van der Waals surface area contributed by atoms with E-state index in [0.29, 0.717) is 5.96 Å². The van der Waals surface area contributed by atoms with E-state index in [9.17, 15) is 0 Å². The summed E-state index contributed by atoms with van der Waals surface area (Å²) in [4.78, 5) is 4.21. The fraction of sp³-hybridized carbons (Fsp3) is 0.214. The Kier molecular flexibility index (Phi) is 4.20. The minimum absolute atomic E-state index is 0.466. The van der Waals surface area contributed by atoms with E-state index in [2.05, 4.69) is 57.4 Å². The van der Waals surface area contributed by atoms with Crippen LogP contribution in [0.4, 0.5) is 5.69 Å². The highest BCUT2D eigenvalue weighted by atomic mass is 79.9. The Labute approximate surface area is 115 Å². The third-order valence-electron chi connectivity index (χ3n) is 2.58. The van der Waals surface area contributed by atoms with Gasteiger partial charge in [0, 0.05) is 16.7 Å². The van der Waals surface area contributed by atoms with E-state index in [0.717, 1.165) is 23.1 Å². The molecule has 0 aliphatic rings. The quantitative estimate of drug-likeness (QED) is 0.670. The molecule has 0 bridgehead atoms. The van der Waals surface area contributed by atoms with Crippen LogP contribution in [-0.4, -0.2) is 12.5 Å². The van der Waals surface area contributed by atoms with Gasteiger partial charge in [0.15, 0.2) is 5.96 Å². The maximum Gasteiger partial charge on any atom is 0.193 e. The molecule has 0 aromatic heterocycles. The lowest BCUT2D eigenvalue weighted by molar-refractivity contribution is 0.929. The van der Waals surface area contributed by atoms with Crippen LogP contribution in [0, 0.1) is 0 Å². The molecule has 2 aromatic rings. The lowest BCUT2D eigenvalue weighted by Crippen LogP contribution is -2.22. The lowest BCUT2D eigenvalue weighted by atomic mass is 10.1. The highest BCUT2D eigenvalue weighted by molar-refractivity contribution is 9.10. The van der Waals surface area contributed by atoms with Gasteiger partial charge in [0.1, 0.15) is 0 Å². The van der Waals surface area contributed by atoms with Gasteiger partial charge >= 0.3 is 0 Å². The Morgan fingerprint density at radius 3 is 2.72 bits per heavy atom. The van der Waals surface area contributed by atoms with E-state index in [1.807, 2.05) is 12.1 Å². The first-order valence-corrected chi connectivity index (χ1v) is 6.74. The molecule has 0 aliphatic heterocycles. The maximum absolute atomic E-state index is 5.79.